The van der Waals surface area contributed by atoms with E-state index in [9.17, 15) is 4.79 Å². The Morgan fingerprint density at radius 1 is 1.33 bits per heavy atom. The molecule has 1 heterocycles. The SMILES string of the molecule is CC(C)C1=CC2CN(C(=O)CC3CC3)CC2C=C1. The van der Waals surface area contributed by atoms with E-state index < -0.39 is 0 Å². The smallest absolute Gasteiger partial charge is 0.222 e. The van der Waals surface area contributed by atoms with Crippen molar-refractivity contribution in [3.63, 3.8) is 0 Å². The molecule has 0 bridgehead atoms. The van der Waals surface area contributed by atoms with Crippen molar-refractivity contribution in [2.75, 3.05) is 13.1 Å². The van der Waals surface area contributed by atoms with Gasteiger partial charge in [-0.05, 0) is 30.3 Å². The average Bonchev–Trinajstić information content (AvgIpc) is 3.04. The van der Waals surface area contributed by atoms with Crippen LogP contribution in [0.15, 0.2) is 23.8 Å². The molecular weight excluding hydrogens is 222 g/mol. The molecule has 1 amide bonds. The summed E-state index contributed by atoms with van der Waals surface area (Å²) in [5.41, 5.74) is 1.44. The first-order valence-electron chi connectivity index (χ1n) is 7.31. The summed E-state index contributed by atoms with van der Waals surface area (Å²) in [7, 11) is 0. The topological polar surface area (TPSA) is 20.3 Å². The van der Waals surface area contributed by atoms with Crippen LogP contribution in [-0.4, -0.2) is 23.9 Å². The Bertz CT molecular complexity index is 403. The fraction of sp³-hybridized carbons (Fsp3) is 0.688. The van der Waals surface area contributed by atoms with E-state index in [1.165, 1.54) is 18.4 Å². The van der Waals surface area contributed by atoms with Gasteiger partial charge >= 0.3 is 0 Å². The van der Waals surface area contributed by atoms with Gasteiger partial charge in [0.05, 0.1) is 0 Å². The van der Waals surface area contributed by atoms with Gasteiger partial charge in [0.15, 0.2) is 0 Å². The summed E-state index contributed by atoms with van der Waals surface area (Å²) in [6.07, 6.45) is 10.3. The van der Waals surface area contributed by atoms with E-state index in [1.807, 2.05) is 0 Å². The quantitative estimate of drug-likeness (QED) is 0.748. The molecule has 2 unspecified atom stereocenters. The number of likely N-dealkylation sites (tertiary alicyclic amines) is 1. The normalized spacial score (nSPS) is 30.6. The van der Waals surface area contributed by atoms with Gasteiger partial charge < -0.3 is 4.90 Å². The second kappa shape index (κ2) is 4.56. The van der Waals surface area contributed by atoms with Gasteiger partial charge in [-0.2, -0.15) is 0 Å². The lowest BCUT2D eigenvalue weighted by Crippen LogP contribution is -2.29. The molecule has 0 aromatic carbocycles. The molecule has 3 rings (SSSR count). The molecule has 1 aliphatic heterocycles. The summed E-state index contributed by atoms with van der Waals surface area (Å²) < 4.78 is 0. The third-order valence-electron chi connectivity index (χ3n) is 4.53. The molecule has 2 aliphatic carbocycles. The largest absolute Gasteiger partial charge is 0.341 e. The molecule has 2 atom stereocenters. The molecule has 0 radical (unpaired) electrons. The minimum Gasteiger partial charge on any atom is -0.341 e. The Kier molecular flexibility index (Phi) is 3.04. The predicted molar refractivity (Wildman–Crippen MR) is 73.0 cm³/mol. The Morgan fingerprint density at radius 2 is 2.06 bits per heavy atom. The highest BCUT2D eigenvalue weighted by molar-refractivity contribution is 5.77. The van der Waals surface area contributed by atoms with E-state index in [0.29, 0.717) is 29.6 Å². The number of hydrogen-bond donors (Lipinski definition) is 0. The molecule has 1 saturated carbocycles. The molecule has 0 aromatic heterocycles. The fourth-order valence-corrected chi connectivity index (χ4v) is 3.06. The Morgan fingerprint density at radius 3 is 2.72 bits per heavy atom. The van der Waals surface area contributed by atoms with Crippen LogP contribution in [0.3, 0.4) is 0 Å². The third kappa shape index (κ3) is 2.38. The number of nitrogens with zero attached hydrogens (tertiary/aromatic N) is 1. The zero-order chi connectivity index (χ0) is 12.7. The van der Waals surface area contributed by atoms with Crippen molar-refractivity contribution in [2.24, 2.45) is 23.7 Å². The Balaban J connectivity index is 1.64. The summed E-state index contributed by atoms with van der Waals surface area (Å²) in [5, 5.41) is 0. The van der Waals surface area contributed by atoms with Crippen LogP contribution in [0.4, 0.5) is 0 Å². The molecule has 2 heteroatoms. The standard InChI is InChI=1S/C16H23NO/c1-11(2)13-5-6-14-9-17(10-15(14)8-13)16(18)7-12-3-4-12/h5-6,8,11-12,14-15H,3-4,7,9-10H2,1-2H3. The van der Waals surface area contributed by atoms with Crippen LogP contribution in [0, 0.1) is 23.7 Å². The molecule has 2 nitrogen and oxygen atoms in total. The van der Waals surface area contributed by atoms with Gasteiger partial charge in [0, 0.05) is 31.3 Å². The van der Waals surface area contributed by atoms with Gasteiger partial charge in [0.1, 0.15) is 0 Å². The van der Waals surface area contributed by atoms with Gasteiger partial charge in [-0.25, -0.2) is 0 Å². The molecule has 0 N–H and O–H groups in total. The van der Waals surface area contributed by atoms with Crippen LogP contribution in [0.1, 0.15) is 33.1 Å². The highest BCUT2D eigenvalue weighted by Crippen LogP contribution is 2.36. The maximum absolute atomic E-state index is 12.1. The lowest BCUT2D eigenvalue weighted by atomic mass is 9.85. The van der Waals surface area contributed by atoms with E-state index in [1.54, 1.807) is 0 Å². The molecule has 1 saturated heterocycles. The number of fused-ring (bicyclic) bond motifs is 1. The highest BCUT2D eigenvalue weighted by atomic mass is 16.2. The van der Waals surface area contributed by atoms with Crippen LogP contribution < -0.4 is 0 Å². The summed E-state index contributed by atoms with van der Waals surface area (Å²) in [5.74, 6) is 2.82. The average molecular weight is 245 g/mol. The van der Waals surface area contributed by atoms with Gasteiger partial charge in [-0.3, -0.25) is 4.79 Å². The van der Waals surface area contributed by atoms with Crippen LogP contribution >= 0.6 is 0 Å². The van der Waals surface area contributed by atoms with Crippen molar-refractivity contribution < 1.29 is 4.79 Å². The van der Waals surface area contributed by atoms with E-state index in [0.717, 1.165) is 19.5 Å². The maximum Gasteiger partial charge on any atom is 0.222 e. The first kappa shape index (κ1) is 12.0. The molecule has 0 spiro atoms. The number of rotatable bonds is 3. The minimum atomic E-state index is 0.389. The zero-order valence-corrected chi connectivity index (χ0v) is 11.4. The monoisotopic (exact) mass is 245 g/mol. The van der Waals surface area contributed by atoms with E-state index in [2.05, 4.69) is 37.0 Å². The molecule has 18 heavy (non-hydrogen) atoms. The lowest BCUT2D eigenvalue weighted by molar-refractivity contribution is -0.130. The summed E-state index contributed by atoms with van der Waals surface area (Å²) in [4.78, 5) is 14.2. The van der Waals surface area contributed by atoms with Crippen molar-refractivity contribution in [1.29, 1.82) is 0 Å². The Labute approximate surface area is 110 Å². The minimum absolute atomic E-state index is 0.389. The van der Waals surface area contributed by atoms with Crippen LogP contribution in [0.2, 0.25) is 0 Å². The zero-order valence-electron chi connectivity index (χ0n) is 11.4. The molecular formula is C16H23NO. The summed E-state index contributed by atoms with van der Waals surface area (Å²) >= 11 is 0. The summed E-state index contributed by atoms with van der Waals surface area (Å²) in [6, 6.07) is 0. The second-order valence-electron chi connectivity index (χ2n) is 6.45. The second-order valence-corrected chi connectivity index (χ2v) is 6.45. The van der Waals surface area contributed by atoms with Gasteiger partial charge in [0.25, 0.3) is 0 Å². The molecule has 2 fully saturated rings. The fourth-order valence-electron chi connectivity index (χ4n) is 3.06. The van der Waals surface area contributed by atoms with Crippen molar-refractivity contribution in [3.05, 3.63) is 23.8 Å². The van der Waals surface area contributed by atoms with Crippen molar-refractivity contribution in [1.82, 2.24) is 4.90 Å². The maximum atomic E-state index is 12.1. The molecule has 98 valence electrons. The van der Waals surface area contributed by atoms with Gasteiger partial charge in [0.2, 0.25) is 5.91 Å². The summed E-state index contributed by atoms with van der Waals surface area (Å²) in [6.45, 7) is 6.36. The van der Waals surface area contributed by atoms with E-state index in [-0.39, 0.29) is 0 Å². The van der Waals surface area contributed by atoms with E-state index in [4.69, 9.17) is 0 Å². The molecule has 0 aromatic rings. The van der Waals surface area contributed by atoms with Gasteiger partial charge in [-0.15, -0.1) is 0 Å². The number of amides is 1. The number of carbonyl (C=O) groups is 1. The lowest BCUT2D eigenvalue weighted by Gasteiger charge is -2.19. The van der Waals surface area contributed by atoms with Crippen LogP contribution in [0.25, 0.3) is 0 Å². The van der Waals surface area contributed by atoms with Crippen LogP contribution in [0.5, 0.6) is 0 Å². The highest BCUT2D eigenvalue weighted by Gasteiger charge is 2.36. The van der Waals surface area contributed by atoms with Crippen molar-refractivity contribution >= 4 is 5.91 Å². The number of carbonyl (C=O) groups excluding carboxylic acids is 1. The third-order valence-corrected chi connectivity index (χ3v) is 4.53. The number of hydrogen-bond acceptors (Lipinski definition) is 1. The van der Waals surface area contributed by atoms with E-state index >= 15 is 0 Å². The van der Waals surface area contributed by atoms with Crippen molar-refractivity contribution in [3.8, 4) is 0 Å². The first-order chi connectivity index (χ1) is 8.63. The number of allylic oxidation sites excluding steroid dienone is 2. The Hall–Kier alpha value is -1.05. The first-order valence-corrected chi connectivity index (χ1v) is 7.31. The molecule has 3 aliphatic rings. The van der Waals surface area contributed by atoms with Crippen LogP contribution in [-0.2, 0) is 4.79 Å². The van der Waals surface area contributed by atoms with Crippen molar-refractivity contribution in [2.45, 2.75) is 33.1 Å². The predicted octanol–water partition coefficient (Wildman–Crippen LogP) is 3.01. The van der Waals surface area contributed by atoms with Gasteiger partial charge in [-0.1, -0.05) is 32.1 Å².